The Kier molecular flexibility index (Phi) is 4.11. The first-order chi connectivity index (χ1) is 6.62. The van der Waals surface area contributed by atoms with E-state index in [0.717, 1.165) is 10.0 Å². The fraction of sp³-hybridized carbons (Fsp3) is 0.455. The first kappa shape index (κ1) is 11.7. The molecule has 0 heterocycles. The Morgan fingerprint density at radius 3 is 2.71 bits per heavy atom. The lowest BCUT2D eigenvalue weighted by atomic mass is 9.93. The van der Waals surface area contributed by atoms with Crippen LogP contribution in [0.4, 0.5) is 0 Å². The minimum atomic E-state index is -0.404. The van der Waals surface area contributed by atoms with Gasteiger partial charge in [0.15, 0.2) is 0 Å². The molecular formula is C11H15BrO2. The average molecular weight is 259 g/mol. The van der Waals surface area contributed by atoms with Crippen molar-refractivity contribution in [3.05, 3.63) is 34.3 Å². The van der Waals surface area contributed by atoms with Crippen LogP contribution >= 0.6 is 15.9 Å². The molecule has 0 bridgehead atoms. The second-order valence-electron chi connectivity index (χ2n) is 3.42. The fourth-order valence-electron chi connectivity index (χ4n) is 1.40. The fourth-order valence-corrected chi connectivity index (χ4v) is 1.79. The topological polar surface area (TPSA) is 29.5 Å². The van der Waals surface area contributed by atoms with Crippen molar-refractivity contribution >= 4 is 15.9 Å². The molecule has 0 aromatic heterocycles. The zero-order valence-electron chi connectivity index (χ0n) is 8.46. The lowest BCUT2D eigenvalue weighted by molar-refractivity contribution is -0.0173. The van der Waals surface area contributed by atoms with Crippen molar-refractivity contribution in [3.8, 4) is 0 Å². The summed E-state index contributed by atoms with van der Waals surface area (Å²) >= 11 is 3.42. The molecule has 1 aromatic carbocycles. The van der Waals surface area contributed by atoms with E-state index in [-0.39, 0.29) is 6.61 Å². The number of halogens is 1. The van der Waals surface area contributed by atoms with Gasteiger partial charge in [0, 0.05) is 24.6 Å². The predicted octanol–water partition coefficient (Wildman–Crippen LogP) is 2.69. The molecule has 0 saturated carbocycles. The Labute approximate surface area is 93.0 Å². The second-order valence-corrected chi connectivity index (χ2v) is 4.33. The maximum absolute atomic E-state index is 8.97. The Balaban J connectivity index is 2.99. The highest BCUT2D eigenvalue weighted by Crippen LogP contribution is 2.29. The van der Waals surface area contributed by atoms with Crippen LogP contribution in [0.25, 0.3) is 0 Å². The number of aliphatic hydroxyl groups is 1. The van der Waals surface area contributed by atoms with Gasteiger partial charge in [-0.3, -0.25) is 0 Å². The molecule has 14 heavy (non-hydrogen) atoms. The molecular weight excluding hydrogens is 244 g/mol. The van der Waals surface area contributed by atoms with Crippen molar-refractivity contribution < 1.29 is 9.84 Å². The molecule has 0 aliphatic heterocycles. The standard InChI is InChI=1S/C11H15BrO2/c1-11(14-2,6-7-13)9-4-3-5-10(12)8-9/h3-5,8,13H,6-7H2,1-2H3. The molecule has 1 unspecified atom stereocenters. The molecule has 0 amide bonds. The van der Waals surface area contributed by atoms with E-state index in [0.29, 0.717) is 6.42 Å². The Bertz CT molecular complexity index is 301. The molecule has 1 atom stereocenters. The molecule has 1 aromatic rings. The zero-order chi connectivity index (χ0) is 10.6. The molecule has 2 nitrogen and oxygen atoms in total. The van der Waals surface area contributed by atoms with E-state index in [1.807, 2.05) is 31.2 Å². The number of hydrogen-bond acceptors (Lipinski definition) is 2. The number of rotatable bonds is 4. The highest BCUT2D eigenvalue weighted by molar-refractivity contribution is 9.10. The summed E-state index contributed by atoms with van der Waals surface area (Å²) in [6, 6.07) is 7.95. The van der Waals surface area contributed by atoms with Crippen molar-refractivity contribution in [1.82, 2.24) is 0 Å². The summed E-state index contributed by atoms with van der Waals surface area (Å²) in [4.78, 5) is 0. The van der Waals surface area contributed by atoms with E-state index < -0.39 is 5.60 Å². The monoisotopic (exact) mass is 258 g/mol. The second kappa shape index (κ2) is 4.91. The van der Waals surface area contributed by atoms with Crippen molar-refractivity contribution in [3.63, 3.8) is 0 Å². The molecule has 1 rings (SSSR count). The number of aliphatic hydroxyl groups excluding tert-OH is 1. The molecule has 0 saturated heterocycles. The van der Waals surface area contributed by atoms with Crippen molar-refractivity contribution in [2.24, 2.45) is 0 Å². The van der Waals surface area contributed by atoms with Crippen LogP contribution in [-0.2, 0) is 10.3 Å². The lowest BCUT2D eigenvalue weighted by Crippen LogP contribution is -2.25. The normalized spacial score (nSPS) is 15.1. The third-order valence-electron chi connectivity index (χ3n) is 2.47. The van der Waals surface area contributed by atoms with Crippen LogP contribution in [0.1, 0.15) is 18.9 Å². The van der Waals surface area contributed by atoms with Crippen LogP contribution in [0, 0.1) is 0 Å². The zero-order valence-corrected chi connectivity index (χ0v) is 10.0. The van der Waals surface area contributed by atoms with Gasteiger partial charge in [-0.1, -0.05) is 28.1 Å². The van der Waals surface area contributed by atoms with Crippen molar-refractivity contribution in [2.45, 2.75) is 18.9 Å². The summed E-state index contributed by atoms with van der Waals surface area (Å²) in [6.45, 7) is 2.10. The van der Waals surface area contributed by atoms with Gasteiger partial charge in [-0.25, -0.2) is 0 Å². The van der Waals surface area contributed by atoms with Gasteiger partial charge in [0.25, 0.3) is 0 Å². The SMILES string of the molecule is COC(C)(CCO)c1cccc(Br)c1. The van der Waals surface area contributed by atoms with Gasteiger partial charge in [-0.15, -0.1) is 0 Å². The molecule has 0 aliphatic carbocycles. The van der Waals surface area contributed by atoms with Crippen LogP contribution in [0.5, 0.6) is 0 Å². The summed E-state index contributed by atoms with van der Waals surface area (Å²) in [7, 11) is 1.66. The Morgan fingerprint density at radius 2 is 2.21 bits per heavy atom. The van der Waals surface area contributed by atoms with Gasteiger partial charge in [-0.05, 0) is 24.6 Å². The number of benzene rings is 1. The molecule has 0 spiro atoms. The van der Waals surface area contributed by atoms with Crippen LogP contribution in [0.2, 0.25) is 0 Å². The highest BCUT2D eigenvalue weighted by Gasteiger charge is 2.25. The first-order valence-electron chi connectivity index (χ1n) is 4.54. The summed E-state index contributed by atoms with van der Waals surface area (Å²) in [5.74, 6) is 0. The van der Waals surface area contributed by atoms with Crippen LogP contribution in [0.3, 0.4) is 0 Å². The van der Waals surface area contributed by atoms with E-state index >= 15 is 0 Å². The lowest BCUT2D eigenvalue weighted by Gasteiger charge is -2.28. The summed E-state index contributed by atoms with van der Waals surface area (Å²) in [5.41, 5.74) is 0.668. The summed E-state index contributed by atoms with van der Waals surface area (Å²) in [6.07, 6.45) is 0.597. The Hall–Kier alpha value is -0.380. The van der Waals surface area contributed by atoms with E-state index in [4.69, 9.17) is 9.84 Å². The largest absolute Gasteiger partial charge is 0.396 e. The average Bonchev–Trinajstić information content (AvgIpc) is 2.18. The molecule has 78 valence electrons. The quantitative estimate of drug-likeness (QED) is 0.900. The van der Waals surface area contributed by atoms with Crippen molar-refractivity contribution in [1.29, 1.82) is 0 Å². The minimum absolute atomic E-state index is 0.122. The number of methoxy groups -OCH3 is 1. The van der Waals surface area contributed by atoms with E-state index in [1.165, 1.54) is 0 Å². The van der Waals surface area contributed by atoms with Gasteiger partial charge >= 0.3 is 0 Å². The Morgan fingerprint density at radius 1 is 1.50 bits per heavy atom. The number of hydrogen-bond donors (Lipinski definition) is 1. The molecule has 0 radical (unpaired) electrons. The molecule has 0 fully saturated rings. The number of ether oxygens (including phenoxy) is 1. The van der Waals surface area contributed by atoms with Crippen molar-refractivity contribution in [2.75, 3.05) is 13.7 Å². The highest BCUT2D eigenvalue weighted by atomic mass is 79.9. The van der Waals surface area contributed by atoms with Crippen LogP contribution in [0.15, 0.2) is 28.7 Å². The molecule has 0 aliphatic rings. The van der Waals surface area contributed by atoms with E-state index in [2.05, 4.69) is 15.9 Å². The molecule has 3 heteroatoms. The molecule has 1 N–H and O–H groups in total. The minimum Gasteiger partial charge on any atom is -0.396 e. The maximum atomic E-state index is 8.97. The first-order valence-corrected chi connectivity index (χ1v) is 5.34. The maximum Gasteiger partial charge on any atom is 0.0921 e. The van der Waals surface area contributed by atoms with Gasteiger partial charge in [-0.2, -0.15) is 0 Å². The van der Waals surface area contributed by atoms with E-state index in [9.17, 15) is 0 Å². The van der Waals surface area contributed by atoms with E-state index in [1.54, 1.807) is 7.11 Å². The van der Waals surface area contributed by atoms with Gasteiger partial charge < -0.3 is 9.84 Å². The van der Waals surface area contributed by atoms with Gasteiger partial charge in [0.05, 0.1) is 5.60 Å². The summed E-state index contributed by atoms with van der Waals surface area (Å²) in [5, 5.41) is 8.97. The van der Waals surface area contributed by atoms with Gasteiger partial charge in [0.2, 0.25) is 0 Å². The van der Waals surface area contributed by atoms with Crippen LogP contribution in [-0.4, -0.2) is 18.8 Å². The third-order valence-corrected chi connectivity index (χ3v) is 2.97. The van der Waals surface area contributed by atoms with Gasteiger partial charge in [0.1, 0.15) is 0 Å². The third kappa shape index (κ3) is 2.56. The smallest absolute Gasteiger partial charge is 0.0921 e. The summed E-state index contributed by atoms with van der Waals surface area (Å²) < 4.78 is 6.46. The van der Waals surface area contributed by atoms with Crippen LogP contribution < -0.4 is 0 Å². The predicted molar refractivity (Wildman–Crippen MR) is 60.2 cm³/mol.